The zero-order valence-electron chi connectivity index (χ0n) is 39.3. The Hall–Kier alpha value is -4.71. The fourth-order valence-electron chi connectivity index (χ4n) is 10.8. The van der Waals surface area contributed by atoms with Crippen molar-refractivity contribution in [2.24, 2.45) is 22.9 Å². The Balaban J connectivity index is 1.51. The van der Waals surface area contributed by atoms with Crippen LogP contribution in [0.15, 0.2) is 90.1 Å². The van der Waals surface area contributed by atoms with Crippen LogP contribution in [0.2, 0.25) is 0 Å². The summed E-state index contributed by atoms with van der Waals surface area (Å²) in [5.41, 5.74) is 3.62. The third-order valence-corrected chi connectivity index (χ3v) is 13.8. The molecule has 0 spiro atoms. The minimum Gasteiger partial charge on any atom is -0.459 e. The van der Waals surface area contributed by atoms with E-state index in [2.05, 4.69) is 55.2 Å². The summed E-state index contributed by atoms with van der Waals surface area (Å²) >= 11 is 0. The number of unbranched alkanes of at least 4 members (excludes halogenated alkanes) is 10. The summed E-state index contributed by atoms with van der Waals surface area (Å²) in [6.07, 6.45) is 19.2. The maximum absolute atomic E-state index is 15.3. The molecular weight excluding hydrogens is 819 g/mol. The lowest BCUT2D eigenvalue weighted by atomic mass is 9.55. The summed E-state index contributed by atoms with van der Waals surface area (Å²) in [6.45, 7) is 9.30. The number of carbonyl (C=O) groups is 2. The summed E-state index contributed by atoms with van der Waals surface area (Å²) < 4.78 is 20.5. The van der Waals surface area contributed by atoms with E-state index in [4.69, 9.17) is 24.2 Å². The second kappa shape index (κ2) is 25.3. The highest BCUT2D eigenvalue weighted by atomic mass is 16.7. The Morgan fingerprint density at radius 3 is 2.35 bits per heavy atom. The van der Waals surface area contributed by atoms with E-state index in [1.54, 1.807) is 19.3 Å². The number of aliphatic hydroxyl groups is 2. The van der Waals surface area contributed by atoms with Crippen LogP contribution in [0.1, 0.15) is 140 Å². The molecule has 0 radical (unpaired) electrons. The Morgan fingerprint density at radius 2 is 1.63 bits per heavy atom. The van der Waals surface area contributed by atoms with Crippen LogP contribution in [0.3, 0.4) is 0 Å². The van der Waals surface area contributed by atoms with Gasteiger partial charge >= 0.3 is 6.09 Å². The number of hydrogen-bond donors (Lipinski definition) is 3. The normalized spacial score (nSPS) is 22.6. The number of allylic oxidation sites excluding steroid dienone is 1. The molecule has 1 fully saturated rings. The molecule has 0 aromatic heterocycles. The molecule has 0 saturated heterocycles. The fraction of sp³-hybridized carbons (Fsp3) is 0.574. The zero-order chi connectivity index (χ0) is 46.0. The van der Waals surface area contributed by atoms with E-state index in [1.165, 1.54) is 38.5 Å². The molecule has 3 aromatic carbocycles. The van der Waals surface area contributed by atoms with Crippen molar-refractivity contribution in [2.75, 3.05) is 33.5 Å². The van der Waals surface area contributed by atoms with Crippen LogP contribution >= 0.6 is 0 Å². The molecule has 6 atom stereocenters. The lowest BCUT2D eigenvalue weighted by Gasteiger charge is -2.60. The molecule has 11 nitrogen and oxygen atoms in total. The molecule has 2 aliphatic carbocycles. The lowest BCUT2D eigenvalue weighted by molar-refractivity contribution is -0.258. The number of nitrogens with zero attached hydrogens (tertiary/aromatic N) is 2. The summed E-state index contributed by atoms with van der Waals surface area (Å²) in [4.78, 5) is 35.8. The second-order valence-electron chi connectivity index (χ2n) is 18.1. The van der Waals surface area contributed by atoms with Gasteiger partial charge in [-0.05, 0) is 91.0 Å². The number of carbonyl (C=O) groups excluding carboxylic acids is 2. The highest BCUT2D eigenvalue weighted by Gasteiger charge is 2.65. The van der Waals surface area contributed by atoms with Crippen LogP contribution in [-0.2, 0) is 20.9 Å². The monoisotopic (exact) mass is 894 g/mol. The molecule has 0 unspecified atom stereocenters. The molecule has 1 saturated carbocycles. The molecule has 3 aliphatic rings. The first-order chi connectivity index (χ1) is 31.8. The molecular formula is C54H75N3O8. The minimum absolute atomic E-state index is 0.0328. The summed E-state index contributed by atoms with van der Waals surface area (Å²) in [6, 6.07) is 19.5. The zero-order valence-corrected chi connectivity index (χ0v) is 39.3. The van der Waals surface area contributed by atoms with Crippen LogP contribution < -0.4 is 14.8 Å². The molecule has 0 bridgehead atoms. The summed E-state index contributed by atoms with van der Waals surface area (Å²) in [5.74, 6) is -0.953. The van der Waals surface area contributed by atoms with Gasteiger partial charge in [-0.2, -0.15) is 0 Å². The maximum atomic E-state index is 15.3. The van der Waals surface area contributed by atoms with Gasteiger partial charge < -0.3 is 39.5 Å². The Morgan fingerprint density at radius 1 is 0.908 bits per heavy atom. The van der Waals surface area contributed by atoms with Crippen LogP contribution in [0, 0.1) is 17.8 Å². The number of amides is 2. The van der Waals surface area contributed by atoms with Gasteiger partial charge in [-0.15, -0.1) is 6.58 Å². The molecule has 3 N–H and O–H groups in total. The average molecular weight is 894 g/mol. The molecule has 2 amide bonds. The van der Waals surface area contributed by atoms with Crippen molar-refractivity contribution >= 4 is 28.5 Å². The number of fused-ring (bicyclic) bond motifs is 3. The molecule has 65 heavy (non-hydrogen) atoms. The van der Waals surface area contributed by atoms with Crippen molar-refractivity contribution in [3.05, 3.63) is 96.1 Å². The van der Waals surface area contributed by atoms with Gasteiger partial charge in [0.25, 0.3) is 0 Å². The number of oxime groups is 1. The highest BCUT2D eigenvalue weighted by molar-refractivity contribution is 6.03. The number of rotatable bonds is 27. The minimum atomic E-state index is -1.39. The predicted molar refractivity (Wildman–Crippen MR) is 258 cm³/mol. The van der Waals surface area contributed by atoms with Crippen molar-refractivity contribution < 1.29 is 38.9 Å². The third-order valence-electron chi connectivity index (χ3n) is 13.8. The van der Waals surface area contributed by atoms with Gasteiger partial charge in [0.05, 0.1) is 18.2 Å². The van der Waals surface area contributed by atoms with Crippen molar-refractivity contribution in [3.8, 4) is 11.5 Å². The first kappa shape index (κ1) is 49.7. The van der Waals surface area contributed by atoms with Crippen molar-refractivity contribution in [1.29, 1.82) is 0 Å². The predicted octanol–water partition coefficient (Wildman–Crippen LogP) is 11.2. The van der Waals surface area contributed by atoms with Gasteiger partial charge in [0.1, 0.15) is 24.7 Å². The average Bonchev–Trinajstić information content (AvgIpc) is 3.31. The van der Waals surface area contributed by atoms with Gasteiger partial charge in [-0.25, -0.2) is 4.79 Å². The van der Waals surface area contributed by atoms with Gasteiger partial charge in [-0.1, -0.05) is 131 Å². The van der Waals surface area contributed by atoms with Gasteiger partial charge in [0, 0.05) is 50.6 Å². The number of nitrogens with one attached hydrogen (secondary N) is 1. The van der Waals surface area contributed by atoms with Crippen molar-refractivity contribution in [2.45, 2.75) is 147 Å². The van der Waals surface area contributed by atoms with E-state index in [0.29, 0.717) is 50.3 Å². The fourth-order valence-corrected chi connectivity index (χ4v) is 10.8. The van der Waals surface area contributed by atoms with Crippen LogP contribution in [-0.4, -0.2) is 78.1 Å². The topological polar surface area (TPSA) is 139 Å². The van der Waals surface area contributed by atoms with Gasteiger partial charge in [0.15, 0.2) is 0 Å². The van der Waals surface area contributed by atoms with Crippen molar-refractivity contribution in [3.63, 3.8) is 0 Å². The maximum Gasteiger partial charge on any atom is 0.412 e. The quantitative estimate of drug-likeness (QED) is 0.0391. The Labute approximate surface area is 387 Å². The smallest absolute Gasteiger partial charge is 0.412 e. The van der Waals surface area contributed by atoms with Gasteiger partial charge in [-0.3, -0.25) is 4.79 Å². The number of aliphatic hydroxyl groups excluding tert-OH is 2. The van der Waals surface area contributed by atoms with Crippen LogP contribution in [0.4, 0.5) is 4.79 Å². The Bertz CT molecular complexity index is 2060. The molecule has 3 aromatic rings. The van der Waals surface area contributed by atoms with E-state index < -0.39 is 23.8 Å². The van der Waals surface area contributed by atoms with E-state index in [0.717, 1.165) is 78.1 Å². The summed E-state index contributed by atoms with van der Waals surface area (Å²) in [5, 5.41) is 29.6. The Kier molecular flexibility index (Phi) is 19.3. The second-order valence-corrected chi connectivity index (χ2v) is 18.1. The van der Waals surface area contributed by atoms with Gasteiger partial charge in [0.2, 0.25) is 11.7 Å². The number of hydrogen-bond acceptors (Lipinski definition) is 9. The van der Waals surface area contributed by atoms with E-state index in [-0.39, 0.29) is 43.5 Å². The molecule has 1 heterocycles. The first-order valence-corrected chi connectivity index (χ1v) is 24.7. The van der Waals surface area contributed by atoms with Crippen molar-refractivity contribution in [1.82, 2.24) is 10.2 Å². The van der Waals surface area contributed by atoms with E-state index in [9.17, 15) is 15.0 Å². The van der Waals surface area contributed by atoms with E-state index in [1.807, 2.05) is 36.1 Å². The van der Waals surface area contributed by atoms with Crippen LogP contribution in [0.5, 0.6) is 11.5 Å². The first-order valence-electron chi connectivity index (χ1n) is 24.7. The third kappa shape index (κ3) is 12.2. The van der Waals surface area contributed by atoms with E-state index >= 15 is 4.79 Å². The molecule has 11 heteroatoms. The number of ether oxygens (including phenoxy) is 3. The molecule has 354 valence electrons. The molecule has 6 rings (SSSR count). The molecule has 1 aliphatic heterocycles. The lowest BCUT2D eigenvalue weighted by Crippen LogP contribution is -2.70. The van der Waals surface area contributed by atoms with Crippen LogP contribution in [0.25, 0.3) is 10.8 Å². The SMILES string of the molecule is C=CCO[C@@]12Oc3ccc(OC(=O)NCC)cc3[C@H]3[C@H](CCCCO)[C@@H](CCCCO)C=C(C(=NOC)C[C@@H]1N(Cc1cccc4ccccc14)C(=O)CCCCCCCCCCC)[C@H]32. The summed E-state index contributed by atoms with van der Waals surface area (Å²) in [7, 11) is 1.57. The highest BCUT2D eigenvalue weighted by Crippen LogP contribution is 2.62. The largest absolute Gasteiger partial charge is 0.459 e. The number of benzene rings is 3. The standard InChI is InChI=1S/C54H75N3O8/c1-5-8-9-10-11-12-13-14-15-29-50(60)57(38-41-26-22-25-39-23-16-17-27-43(39)41)49-37-47(56-62-4)45-35-40(24-18-20-32-58)44(28-19-21-33-59)51-46-36-42(64-53(61)55-7-3)30-31-48(46)65-54(49,52(45)51)63-34-6-2/h6,16-17,22-23,25-27,30-31,35-36,40,44,49,51-52,58-59H,2,5,7-15,18-21,24,28-29,32-34,37-38H2,1,3-4H3,(H,55,61)/t40-,44+,49-,51+,52+,54+/m0/s1.